The average molecular weight is 342 g/mol. The summed E-state index contributed by atoms with van der Waals surface area (Å²) in [5, 5.41) is 0. The number of ether oxygens (including phenoxy) is 1. The maximum absolute atomic E-state index is 12.3. The molecule has 0 amide bonds. The molecule has 1 saturated carbocycles. The van der Waals surface area contributed by atoms with E-state index < -0.39 is 17.2 Å². The molecule has 2 aromatic rings. The van der Waals surface area contributed by atoms with Crippen LogP contribution in [0.25, 0.3) is 0 Å². The predicted octanol–water partition coefficient (Wildman–Crippen LogP) is 1.73. The molecule has 25 heavy (non-hydrogen) atoms. The zero-order valence-corrected chi connectivity index (χ0v) is 14.5. The Morgan fingerprint density at radius 3 is 2.60 bits per heavy atom. The SMILES string of the molecule is Cc1ccc([C@@H]2CCC[C@H]2OC(=O)Cn2ccc(=O)n(C)c2=O)cc1. The van der Waals surface area contributed by atoms with Crippen LogP contribution in [0.3, 0.4) is 0 Å². The smallest absolute Gasteiger partial charge is 0.331 e. The summed E-state index contributed by atoms with van der Waals surface area (Å²) in [6.45, 7) is 1.85. The lowest BCUT2D eigenvalue weighted by Gasteiger charge is -2.21. The number of hydrogen-bond acceptors (Lipinski definition) is 4. The minimum atomic E-state index is -0.522. The van der Waals surface area contributed by atoms with Crippen molar-refractivity contribution in [3.8, 4) is 0 Å². The van der Waals surface area contributed by atoms with Gasteiger partial charge in [-0.1, -0.05) is 29.8 Å². The van der Waals surface area contributed by atoms with Gasteiger partial charge in [-0.05, 0) is 31.7 Å². The fourth-order valence-electron chi connectivity index (χ4n) is 3.34. The summed E-state index contributed by atoms with van der Waals surface area (Å²) in [6.07, 6.45) is 3.99. The first-order valence-corrected chi connectivity index (χ1v) is 8.48. The lowest BCUT2D eigenvalue weighted by Crippen LogP contribution is -2.38. The van der Waals surface area contributed by atoms with Gasteiger partial charge in [0.05, 0.1) is 0 Å². The zero-order valence-electron chi connectivity index (χ0n) is 14.5. The molecule has 0 aliphatic heterocycles. The fraction of sp³-hybridized carbons (Fsp3) is 0.421. The van der Waals surface area contributed by atoms with E-state index in [2.05, 4.69) is 24.3 Å². The van der Waals surface area contributed by atoms with Gasteiger partial charge in [0, 0.05) is 25.2 Å². The summed E-state index contributed by atoms with van der Waals surface area (Å²) in [6, 6.07) is 9.57. The second-order valence-corrected chi connectivity index (χ2v) is 6.60. The number of carbonyl (C=O) groups is 1. The van der Waals surface area contributed by atoms with Crippen molar-refractivity contribution in [2.45, 2.75) is 44.8 Å². The van der Waals surface area contributed by atoms with Crippen LogP contribution in [0.2, 0.25) is 0 Å². The van der Waals surface area contributed by atoms with Crippen LogP contribution in [-0.4, -0.2) is 21.2 Å². The van der Waals surface area contributed by atoms with Gasteiger partial charge >= 0.3 is 11.7 Å². The van der Waals surface area contributed by atoms with E-state index in [-0.39, 0.29) is 18.6 Å². The molecule has 1 aromatic heterocycles. The number of aromatic nitrogens is 2. The Bertz CT molecular complexity index is 880. The number of nitrogens with zero attached hydrogens (tertiary/aromatic N) is 2. The first kappa shape index (κ1) is 17.2. The normalized spacial score (nSPS) is 19.8. The Labute approximate surface area is 145 Å². The molecule has 6 heteroatoms. The molecule has 0 bridgehead atoms. The van der Waals surface area contributed by atoms with E-state index in [9.17, 15) is 14.4 Å². The Kier molecular flexibility index (Phi) is 4.88. The number of aryl methyl sites for hydroxylation is 1. The largest absolute Gasteiger partial charge is 0.460 e. The molecular formula is C19H22N2O4. The van der Waals surface area contributed by atoms with E-state index in [0.29, 0.717) is 0 Å². The van der Waals surface area contributed by atoms with Crippen LogP contribution in [0.15, 0.2) is 46.1 Å². The van der Waals surface area contributed by atoms with Crippen molar-refractivity contribution >= 4 is 5.97 Å². The van der Waals surface area contributed by atoms with Gasteiger partial charge in [0.2, 0.25) is 0 Å². The molecule has 0 radical (unpaired) electrons. The van der Waals surface area contributed by atoms with E-state index in [4.69, 9.17) is 4.74 Å². The van der Waals surface area contributed by atoms with Gasteiger partial charge in [-0.25, -0.2) is 4.79 Å². The standard InChI is InChI=1S/C19H22N2O4/c1-13-6-8-14(9-7-13)15-4-3-5-16(15)25-18(23)12-21-11-10-17(22)20(2)19(21)24/h6-11,15-16H,3-5,12H2,1-2H3/t15-,16+/m0/s1. The third-order valence-corrected chi connectivity index (χ3v) is 4.80. The summed E-state index contributed by atoms with van der Waals surface area (Å²) in [7, 11) is 1.39. The first-order chi connectivity index (χ1) is 12.0. The minimum Gasteiger partial charge on any atom is -0.460 e. The molecule has 132 valence electrons. The molecular weight excluding hydrogens is 320 g/mol. The van der Waals surface area contributed by atoms with Crippen molar-refractivity contribution in [2.24, 2.45) is 7.05 Å². The maximum Gasteiger partial charge on any atom is 0.331 e. The Balaban J connectivity index is 1.70. The van der Waals surface area contributed by atoms with E-state index in [1.165, 1.54) is 35.0 Å². The zero-order chi connectivity index (χ0) is 18.0. The highest BCUT2D eigenvalue weighted by Crippen LogP contribution is 2.36. The van der Waals surface area contributed by atoms with Gasteiger partial charge in [-0.3, -0.25) is 18.7 Å². The van der Waals surface area contributed by atoms with Crippen LogP contribution in [0.5, 0.6) is 0 Å². The predicted molar refractivity (Wildman–Crippen MR) is 93.6 cm³/mol. The molecule has 1 aliphatic carbocycles. The number of rotatable bonds is 4. The van der Waals surface area contributed by atoms with Crippen molar-refractivity contribution in [2.75, 3.05) is 0 Å². The summed E-state index contributed by atoms with van der Waals surface area (Å²) >= 11 is 0. The first-order valence-electron chi connectivity index (χ1n) is 8.48. The number of hydrogen-bond donors (Lipinski definition) is 0. The van der Waals surface area contributed by atoms with Crippen LogP contribution in [-0.2, 0) is 23.1 Å². The summed E-state index contributed by atoms with van der Waals surface area (Å²) in [5.74, 6) is -0.258. The van der Waals surface area contributed by atoms with Crippen LogP contribution in [0.4, 0.5) is 0 Å². The topological polar surface area (TPSA) is 70.3 Å². The molecule has 1 aromatic carbocycles. The Morgan fingerprint density at radius 1 is 1.16 bits per heavy atom. The van der Waals surface area contributed by atoms with E-state index in [0.717, 1.165) is 23.8 Å². The summed E-state index contributed by atoms with van der Waals surface area (Å²) in [5.41, 5.74) is 1.46. The highest BCUT2D eigenvalue weighted by molar-refractivity contribution is 5.69. The molecule has 0 unspecified atom stereocenters. The highest BCUT2D eigenvalue weighted by atomic mass is 16.5. The van der Waals surface area contributed by atoms with Crippen molar-refractivity contribution < 1.29 is 9.53 Å². The molecule has 0 saturated heterocycles. The monoisotopic (exact) mass is 342 g/mol. The van der Waals surface area contributed by atoms with E-state index in [1.54, 1.807) is 0 Å². The maximum atomic E-state index is 12.3. The van der Waals surface area contributed by atoms with Crippen molar-refractivity contribution in [3.63, 3.8) is 0 Å². The molecule has 1 fully saturated rings. The van der Waals surface area contributed by atoms with Crippen LogP contribution >= 0.6 is 0 Å². The van der Waals surface area contributed by atoms with Crippen molar-refractivity contribution in [3.05, 3.63) is 68.5 Å². The Hall–Kier alpha value is -2.63. The van der Waals surface area contributed by atoms with E-state index in [1.807, 2.05) is 6.92 Å². The third kappa shape index (κ3) is 3.73. The fourth-order valence-corrected chi connectivity index (χ4v) is 3.34. The second kappa shape index (κ2) is 7.09. The lowest BCUT2D eigenvalue weighted by atomic mass is 9.95. The van der Waals surface area contributed by atoms with Gasteiger partial charge in [0.25, 0.3) is 5.56 Å². The van der Waals surface area contributed by atoms with Gasteiger partial charge in [0.15, 0.2) is 0 Å². The number of esters is 1. The third-order valence-electron chi connectivity index (χ3n) is 4.80. The van der Waals surface area contributed by atoms with Gasteiger partial charge < -0.3 is 4.74 Å². The lowest BCUT2D eigenvalue weighted by molar-refractivity contribution is -0.150. The van der Waals surface area contributed by atoms with Gasteiger partial charge in [-0.15, -0.1) is 0 Å². The summed E-state index contributed by atoms with van der Waals surface area (Å²) < 4.78 is 7.82. The van der Waals surface area contributed by atoms with Crippen LogP contribution in [0, 0.1) is 6.92 Å². The average Bonchev–Trinajstić information content (AvgIpc) is 3.04. The highest BCUT2D eigenvalue weighted by Gasteiger charge is 2.31. The molecule has 0 N–H and O–H groups in total. The second-order valence-electron chi connectivity index (χ2n) is 6.60. The summed E-state index contributed by atoms with van der Waals surface area (Å²) in [4.78, 5) is 35.7. The quantitative estimate of drug-likeness (QED) is 0.794. The van der Waals surface area contributed by atoms with Gasteiger partial charge in [-0.2, -0.15) is 0 Å². The molecule has 6 nitrogen and oxygen atoms in total. The number of carbonyl (C=O) groups excluding carboxylic acids is 1. The van der Waals surface area contributed by atoms with Crippen LogP contribution < -0.4 is 11.2 Å². The molecule has 3 rings (SSSR count). The minimum absolute atomic E-state index is 0.168. The molecule has 2 atom stereocenters. The molecule has 1 heterocycles. The van der Waals surface area contributed by atoms with Gasteiger partial charge in [0.1, 0.15) is 12.6 Å². The molecule has 1 aliphatic rings. The van der Waals surface area contributed by atoms with E-state index >= 15 is 0 Å². The van der Waals surface area contributed by atoms with Crippen molar-refractivity contribution in [1.82, 2.24) is 9.13 Å². The Morgan fingerprint density at radius 2 is 1.88 bits per heavy atom. The van der Waals surface area contributed by atoms with Crippen molar-refractivity contribution in [1.29, 1.82) is 0 Å². The molecule has 0 spiro atoms. The van der Waals surface area contributed by atoms with Crippen LogP contribution in [0.1, 0.15) is 36.3 Å². The number of benzene rings is 1.